The number of rotatable bonds is 4. The summed E-state index contributed by atoms with van der Waals surface area (Å²) < 4.78 is 5.40. The third-order valence-corrected chi connectivity index (χ3v) is 2.50. The second-order valence-electron chi connectivity index (χ2n) is 3.79. The lowest BCUT2D eigenvalue weighted by Gasteiger charge is -1.98. The van der Waals surface area contributed by atoms with E-state index in [0.717, 1.165) is 6.08 Å². The van der Waals surface area contributed by atoms with E-state index in [1.165, 1.54) is 17.6 Å². The molecule has 2 N–H and O–H groups in total. The van der Waals surface area contributed by atoms with Crippen LogP contribution in [0.1, 0.15) is 5.76 Å². The normalized spacial score (nSPS) is 10.7. The van der Waals surface area contributed by atoms with Gasteiger partial charge in [-0.15, -0.1) is 0 Å². The van der Waals surface area contributed by atoms with Gasteiger partial charge in [0.2, 0.25) is 0 Å². The lowest BCUT2D eigenvalue weighted by atomic mass is 10.1. The van der Waals surface area contributed by atoms with Crippen LogP contribution in [-0.2, 0) is 4.79 Å². The molecule has 1 aromatic carbocycles. The maximum absolute atomic E-state index is 10.9. The molecule has 0 spiro atoms. The third kappa shape index (κ3) is 2.90. The van der Waals surface area contributed by atoms with Gasteiger partial charge in [-0.2, -0.15) is 0 Å². The highest BCUT2D eigenvalue weighted by molar-refractivity contribution is 5.90. The minimum absolute atomic E-state index is 0.0644. The van der Waals surface area contributed by atoms with Gasteiger partial charge in [0, 0.05) is 12.1 Å². The van der Waals surface area contributed by atoms with E-state index < -0.39 is 10.8 Å². The molecule has 0 aliphatic carbocycles. The van der Waals surface area contributed by atoms with Crippen LogP contribution in [0.5, 0.6) is 0 Å². The van der Waals surface area contributed by atoms with E-state index in [0.29, 0.717) is 17.1 Å². The van der Waals surface area contributed by atoms with Crippen molar-refractivity contribution in [3.05, 3.63) is 58.3 Å². The number of hydrogen-bond donors (Lipinski definition) is 2. The summed E-state index contributed by atoms with van der Waals surface area (Å²) in [5, 5.41) is 19.3. The van der Waals surface area contributed by atoms with Crippen molar-refractivity contribution in [2.75, 3.05) is 0 Å². The number of carbonyl (C=O) groups is 1. The number of benzene rings is 1. The zero-order chi connectivity index (χ0) is 14.5. The van der Waals surface area contributed by atoms with Crippen LogP contribution in [0.25, 0.3) is 17.4 Å². The van der Waals surface area contributed by atoms with Gasteiger partial charge in [-0.3, -0.25) is 20.1 Å². The van der Waals surface area contributed by atoms with Crippen molar-refractivity contribution in [2.45, 2.75) is 0 Å². The van der Waals surface area contributed by atoms with Gasteiger partial charge in [-0.05, 0) is 24.3 Å². The number of para-hydroxylation sites is 1. The maximum Gasteiger partial charge on any atom is 0.280 e. The number of carbonyl (C=O) groups excluding carboxylic acids is 1. The number of nitro groups is 1. The number of amides is 1. The van der Waals surface area contributed by atoms with Gasteiger partial charge < -0.3 is 4.42 Å². The van der Waals surface area contributed by atoms with Gasteiger partial charge in [0.15, 0.2) is 0 Å². The molecule has 102 valence electrons. The van der Waals surface area contributed by atoms with E-state index in [-0.39, 0.29) is 5.69 Å². The zero-order valence-electron chi connectivity index (χ0n) is 10.1. The number of furan rings is 1. The molecule has 2 aromatic rings. The van der Waals surface area contributed by atoms with Crippen LogP contribution in [0, 0.1) is 10.1 Å². The standard InChI is InChI=1S/C13H10N2O5/c16-13(14-17)8-6-9-5-7-12(20-9)10-3-1-2-4-11(10)15(18)19/h1-8,17H,(H,14,16)/b8-6+. The van der Waals surface area contributed by atoms with Crippen molar-refractivity contribution in [3.8, 4) is 11.3 Å². The Bertz CT molecular complexity index is 675. The maximum atomic E-state index is 10.9. The molecule has 1 heterocycles. The Balaban J connectivity index is 2.32. The minimum atomic E-state index is -0.700. The number of nitro benzene ring substituents is 1. The van der Waals surface area contributed by atoms with E-state index in [1.807, 2.05) is 0 Å². The molecule has 0 aliphatic rings. The number of hydrogen-bond acceptors (Lipinski definition) is 5. The van der Waals surface area contributed by atoms with Crippen molar-refractivity contribution in [1.82, 2.24) is 5.48 Å². The monoisotopic (exact) mass is 274 g/mol. The molecule has 0 fully saturated rings. The Labute approximate surface area is 113 Å². The third-order valence-electron chi connectivity index (χ3n) is 2.50. The molecule has 0 saturated heterocycles. The van der Waals surface area contributed by atoms with Crippen LogP contribution in [0.4, 0.5) is 5.69 Å². The Hall–Kier alpha value is -2.93. The van der Waals surface area contributed by atoms with Crippen LogP contribution < -0.4 is 5.48 Å². The molecule has 1 amide bonds. The molecule has 2 rings (SSSR count). The fraction of sp³-hybridized carbons (Fsp3) is 0. The first-order chi connectivity index (χ1) is 9.61. The molecule has 0 aliphatic heterocycles. The average Bonchev–Trinajstić information content (AvgIpc) is 2.93. The first-order valence-electron chi connectivity index (χ1n) is 5.57. The summed E-state index contributed by atoms with van der Waals surface area (Å²) in [5.74, 6) is -0.0447. The van der Waals surface area contributed by atoms with Crippen molar-refractivity contribution in [3.63, 3.8) is 0 Å². The SMILES string of the molecule is O=C(/C=C/c1ccc(-c2ccccc2[N+](=O)[O-])o1)NO. The van der Waals surface area contributed by atoms with E-state index in [1.54, 1.807) is 30.3 Å². The van der Waals surface area contributed by atoms with Crippen LogP contribution in [0.3, 0.4) is 0 Å². The van der Waals surface area contributed by atoms with Gasteiger partial charge in [-0.25, -0.2) is 5.48 Å². The summed E-state index contributed by atoms with van der Waals surface area (Å²) in [6, 6.07) is 9.32. The summed E-state index contributed by atoms with van der Waals surface area (Å²) in [6.07, 6.45) is 2.41. The van der Waals surface area contributed by atoms with Gasteiger partial charge in [0.05, 0.1) is 10.5 Å². The van der Waals surface area contributed by atoms with Crippen molar-refractivity contribution < 1.29 is 19.3 Å². The molecular weight excluding hydrogens is 264 g/mol. The van der Waals surface area contributed by atoms with E-state index in [4.69, 9.17) is 9.62 Å². The number of nitrogens with zero attached hydrogens (tertiary/aromatic N) is 1. The summed E-state index contributed by atoms with van der Waals surface area (Å²) in [4.78, 5) is 21.3. The predicted molar refractivity (Wildman–Crippen MR) is 69.8 cm³/mol. The largest absolute Gasteiger partial charge is 0.456 e. The fourth-order valence-corrected chi connectivity index (χ4v) is 1.62. The van der Waals surface area contributed by atoms with Gasteiger partial charge >= 0.3 is 0 Å². The highest BCUT2D eigenvalue weighted by Crippen LogP contribution is 2.30. The van der Waals surface area contributed by atoms with Crippen LogP contribution >= 0.6 is 0 Å². The fourth-order valence-electron chi connectivity index (χ4n) is 1.62. The Kier molecular flexibility index (Phi) is 3.92. The van der Waals surface area contributed by atoms with Crippen LogP contribution in [0.15, 0.2) is 46.9 Å². The molecule has 0 bridgehead atoms. The summed E-state index contributed by atoms with van der Waals surface area (Å²) in [7, 11) is 0. The van der Waals surface area contributed by atoms with Crippen LogP contribution in [-0.4, -0.2) is 16.0 Å². The first-order valence-corrected chi connectivity index (χ1v) is 5.57. The van der Waals surface area contributed by atoms with Gasteiger partial charge in [-0.1, -0.05) is 12.1 Å². The van der Waals surface area contributed by atoms with E-state index in [9.17, 15) is 14.9 Å². The molecule has 0 atom stereocenters. The van der Waals surface area contributed by atoms with Gasteiger partial charge in [0.25, 0.3) is 11.6 Å². The van der Waals surface area contributed by atoms with Crippen molar-refractivity contribution in [2.24, 2.45) is 0 Å². The molecular formula is C13H10N2O5. The first kappa shape index (κ1) is 13.5. The Morgan fingerprint density at radius 3 is 2.75 bits per heavy atom. The Morgan fingerprint density at radius 2 is 2.05 bits per heavy atom. The molecule has 0 radical (unpaired) electrons. The second-order valence-corrected chi connectivity index (χ2v) is 3.79. The van der Waals surface area contributed by atoms with E-state index >= 15 is 0 Å². The lowest BCUT2D eigenvalue weighted by molar-refractivity contribution is -0.384. The smallest absolute Gasteiger partial charge is 0.280 e. The molecule has 20 heavy (non-hydrogen) atoms. The quantitative estimate of drug-likeness (QED) is 0.385. The predicted octanol–water partition coefficient (Wildman–Crippen LogP) is 2.37. The molecule has 0 unspecified atom stereocenters. The zero-order valence-corrected chi connectivity index (χ0v) is 10.1. The lowest BCUT2D eigenvalue weighted by Crippen LogP contribution is -2.14. The molecule has 7 nitrogen and oxygen atoms in total. The summed E-state index contributed by atoms with van der Waals surface area (Å²) in [5.41, 5.74) is 1.73. The van der Waals surface area contributed by atoms with Crippen molar-refractivity contribution >= 4 is 17.7 Å². The molecule has 7 heteroatoms. The second kappa shape index (κ2) is 5.81. The Morgan fingerprint density at radius 1 is 1.30 bits per heavy atom. The minimum Gasteiger partial charge on any atom is -0.456 e. The van der Waals surface area contributed by atoms with Crippen molar-refractivity contribution in [1.29, 1.82) is 0 Å². The number of hydroxylamine groups is 1. The molecule has 0 saturated carbocycles. The topological polar surface area (TPSA) is 106 Å². The van der Waals surface area contributed by atoms with Crippen LogP contribution in [0.2, 0.25) is 0 Å². The van der Waals surface area contributed by atoms with E-state index in [2.05, 4.69) is 0 Å². The summed E-state index contributed by atoms with van der Waals surface area (Å²) >= 11 is 0. The highest BCUT2D eigenvalue weighted by Gasteiger charge is 2.16. The highest BCUT2D eigenvalue weighted by atomic mass is 16.6. The van der Waals surface area contributed by atoms with Gasteiger partial charge in [0.1, 0.15) is 11.5 Å². The number of nitrogens with one attached hydrogen (secondary N) is 1. The summed E-state index contributed by atoms with van der Waals surface area (Å²) in [6.45, 7) is 0. The average molecular weight is 274 g/mol. The molecule has 1 aromatic heterocycles.